The number of nitrogens with zero attached hydrogens (tertiary/aromatic N) is 2. The van der Waals surface area contributed by atoms with Gasteiger partial charge in [0.05, 0.1) is 10.2 Å². The minimum absolute atomic E-state index is 0. The molecule has 0 spiro atoms. The van der Waals surface area contributed by atoms with E-state index in [4.69, 9.17) is 30.6 Å². The fourth-order valence-corrected chi connectivity index (χ4v) is 0. The average Bonchev–Trinajstić information content (AvgIpc) is 1.25. The zero-order valence-corrected chi connectivity index (χ0v) is 5.43. The summed E-state index contributed by atoms with van der Waals surface area (Å²) < 4.78 is 0. The van der Waals surface area contributed by atoms with Crippen LogP contribution in [-0.4, -0.2) is 10.2 Å². The van der Waals surface area contributed by atoms with Gasteiger partial charge in [-0.05, 0) is 0 Å². The maximum atomic E-state index is 8.25. The Hall–Kier alpha value is -1.13. The van der Waals surface area contributed by atoms with Crippen LogP contribution in [0, 0.1) is 30.6 Å². The van der Waals surface area contributed by atoms with Crippen molar-refractivity contribution in [3.63, 3.8) is 0 Å². The van der Waals surface area contributed by atoms with Crippen molar-refractivity contribution in [2.45, 2.75) is 0 Å². The molecule has 0 unspecified atom stereocenters. The van der Waals surface area contributed by atoms with Gasteiger partial charge in [0.1, 0.15) is 0 Å². The fourth-order valence-electron chi connectivity index (χ4n) is 0. The zero-order chi connectivity index (χ0) is 7.15. The minimum atomic E-state index is -1.75. The molecule has 3 N–H and O–H groups in total. The number of hydrogen-bond acceptors (Lipinski definition) is 7. The topological polar surface area (TPSA) is 167 Å². The molecule has 9 nitrogen and oxygen atoms in total. The summed E-state index contributed by atoms with van der Waals surface area (Å²) in [4.78, 5) is 16.5. The Labute approximate surface area is 64.6 Å². The first-order valence-electron chi connectivity index (χ1n) is 1.10. The molecule has 10 heteroatoms. The van der Waals surface area contributed by atoms with E-state index < -0.39 is 10.2 Å². The fraction of sp³-hybridized carbons (Fsp3) is 0. The Morgan fingerprint density at radius 3 is 0.800 bits per heavy atom. The SMILES string of the molecule is N.O=[N+]([O-])[O-].O=[N+]([O-])[O-].[Co+2]. The Balaban J connectivity index is -0.0000000300. The molecule has 10 heavy (non-hydrogen) atoms. The van der Waals surface area contributed by atoms with Crippen LogP contribution in [0.15, 0.2) is 0 Å². The summed E-state index contributed by atoms with van der Waals surface area (Å²) >= 11 is 0. The van der Waals surface area contributed by atoms with Gasteiger partial charge in [0.15, 0.2) is 0 Å². The molecular formula is H3CoN3O6. The maximum Gasteiger partial charge on any atom is 2.00 e. The van der Waals surface area contributed by atoms with Gasteiger partial charge in [0.2, 0.25) is 0 Å². The van der Waals surface area contributed by atoms with E-state index in [0.29, 0.717) is 0 Å². The summed E-state index contributed by atoms with van der Waals surface area (Å²) in [6, 6.07) is 0. The van der Waals surface area contributed by atoms with Crippen molar-refractivity contribution in [3.8, 4) is 0 Å². The molecule has 0 aromatic rings. The summed E-state index contributed by atoms with van der Waals surface area (Å²) in [6.45, 7) is 0. The molecule has 0 saturated heterocycles. The van der Waals surface area contributed by atoms with E-state index in [-0.39, 0.29) is 22.9 Å². The van der Waals surface area contributed by atoms with Gasteiger partial charge >= 0.3 is 16.8 Å². The molecule has 0 aromatic heterocycles. The van der Waals surface area contributed by atoms with Gasteiger partial charge in [-0.3, -0.25) is 0 Å². The van der Waals surface area contributed by atoms with Gasteiger partial charge < -0.3 is 36.8 Å². The molecule has 0 atom stereocenters. The molecule has 0 aliphatic heterocycles. The van der Waals surface area contributed by atoms with Crippen LogP contribution in [0.2, 0.25) is 0 Å². The Morgan fingerprint density at radius 1 is 0.800 bits per heavy atom. The summed E-state index contributed by atoms with van der Waals surface area (Å²) in [5, 5.41) is 29.5. The normalized spacial score (nSPS) is 4.80. The first-order valence-corrected chi connectivity index (χ1v) is 1.10. The molecule has 0 heterocycles. The Bertz CT molecular complexity index is 71.0. The Morgan fingerprint density at radius 2 is 0.800 bits per heavy atom. The van der Waals surface area contributed by atoms with Crippen LogP contribution in [0.4, 0.5) is 0 Å². The number of rotatable bonds is 0. The van der Waals surface area contributed by atoms with E-state index in [1.165, 1.54) is 0 Å². The summed E-state index contributed by atoms with van der Waals surface area (Å²) in [5.74, 6) is 0. The maximum absolute atomic E-state index is 8.25. The van der Waals surface area contributed by atoms with Gasteiger partial charge in [-0.15, -0.1) is 0 Å². The third-order valence-corrected chi connectivity index (χ3v) is 0. The second-order valence-electron chi connectivity index (χ2n) is 0.447. The van der Waals surface area contributed by atoms with Crippen LogP contribution < -0.4 is 6.15 Å². The second-order valence-corrected chi connectivity index (χ2v) is 0.447. The smallest absolute Gasteiger partial charge is 0.356 e. The summed E-state index contributed by atoms with van der Waals surface area (Å²) in [6.07, 6.45) is 0. The van der Waals surface area contributed by atoms with Crippen LogP contribution in [0.5, 0.6) is 0 Å². The molecule has 0 aromatic carbocycles. The second kappa shape index (κ2) is 15.7. The van der Waals surface area contributed by atoms with Gasteiger partial charge in [0.25, 0.3) is 0 Å². The van der Waals surface area contributed by atoms with E-state index in [0.717, 1.165) is 0 Å². The van der Waals surface area contributed by atoms with Crippen LogP contribution in [0.25, 0.3) is 0 Å². The largest absolute Gasteiger partial charge is 2.00 e. The van der Waals surface area contributed by atoms with E-state index >= 15 is 0 Å². The molecule has 0 saturated carbocycles. The van der Waals surface area contributed by atoms with E-state index in [1.54, 1.807) is 0 Å². The molecule has 1 radical (unpaired) electrons. The van der Waals surface area contributed by atoms with Crippen LogP contribution >= 0.6 is 0 Å². The summed E-state index contributed by atoms with van der Waals surface area (Å²) in [7, 11) is 0. The third kappa shape index (κ3) is 184. The van der Waals surface area contributed by atoms with Crippen molar-refractivity contribution < 1.29 is 27.0 Å². The molecule has 0 bridgehead atoms. The van der Waals surface area contributed by atoms with Gasteiger partial charge in [-0.25, -0.2) is 0 Å². The van der Waals surface area contributed by atoms with Crippen molar-refractivity contribution in [2.75, 3.05) is 0 Å². The van der Waals surface area contributed by atoms with Gasteiger partial charge in [0, 0.05) is 0 Å². The van der Waals surface area contributed by atoms with Crippen molar-refractivity contribution >= 4 is 0 Å². The predicted molar refractivity (Wildman–Crippen MR) is 25.7 cm³/mol. The minimum Gasteiger partial charge on any atom is -0.356 e. The standard InChI is InChI=1S/Co.2NO3.H3N/c;2*2-1(3)4;/h;;;1H3/q+2;2*-1;. The average molecular weight is 200 g/mol. The molecule has 0 aliphatic carbocycles. The molecule has 0 fully saturated rings. The van der Waals surface area contributed by atoms with Gasteiger partial charge in [-0.2, -0.15) is 0 Å². The van der Waals surface area contributed by atoms with E-state index in [2.05, 4.69) is 0 Å². The van der Waals surface area contributed by atoms with Crippen molar-refractivity contribution in [3.05, 3.63) is 30.6 Å². The third-order valence-electron chi connectivity index (χ3n) is 0. The molecular weight excluding hydrogens is 197 g/mol. The quantitative estimate of drug-likeness (QED) is 0.412. The van der Waals surface area contributed by atoms with Crippen LogP contribution in [0.3, 0.4) is 0 Å². The van der Waals surface area contributed by atoms with Crippen molar-refractivity contribution in [2.24, 2.45) is 0 Å². The van der Waals surface area contributed by atoms with E-state index in [9.17, 15) is 0 Å². The molecule has 63 valence electrons. The van der Waals surface area contributed by atoms with Crippen molar-refractivity contribution in [1.82, 2.24) is 6.15 Å². The van der Waals surface area contributed by atoms with Crippen molar-refractivity contribution in [1.29, 1.82) is 0 Å². The first kappa shape index (κ1) is 23.2. The van der Waals surface area contributed by atoms with Crippen LogP contribution in [-0.2, 0) is 16.8 Å². The molecule has 0 amide bonds. The van der Waals surface area contributed by atoms with Crippen LogP contribution in [0.1, 0.15) is 0 Å². The van der Waals surface area contributed by atoms with E-state index in [1.807, 2.05) is 0 Å². The molecule has 0 aliphatic rings. The zero-order valence-electron chi connectivity index (χ0n) is 4.38. The van der Waals surface area contributed by atoms with Gasteiger partial charge in [-0.1, -0.05) is 0 Å². The summed E-state index contributed by atoms with van der Waals surface area (Å²) in [5.41, 5.74) is 0. The number of hydrogen-bond donors (Lipinski definition) is 1. The monoisotopic (exact) mass is 200 g/mol. The Kier molecular flexibility index (Phi) is 36.3. The predicted octanol–water partition coefficient (Wildman–Crippen LogP) is -0.319. The molecule has 0 rings (SSSR count). The first-order chi connectivity index (χ1) is 3.46.